The molecule has 2 N–H and O–H groups in total. The molecule has 0 bridgehead atoms. The molecule has 0 aliphatic carbocycles. The maximum atomic E-state index is 10.8. The molecule has 0 aliphatic heterocycles. The fraction of sp³-hybridized carbons (Fsp3) is 0.381. The van der Waals surface area contributed by atoms with E-state index < -0.39 is 6.04 Å². The lowest BCUT2D eigenvalue weighted by Crippen LogP contribution is -2.25. The number of hydrogen-bond acceptors (Lipinski definition) is 4. The van der Waals surface area contributed by atoms with Crippen LogP contribution in [0.25, 0.3) is 10.8 Å². The predicted octanol–water partition coefficient (Wildman–Crippen LogP) is 3.65. The summed E-state index contributed by atoms with van der Waals surface area (Å²) in [6.45, 7) is 4.39. The minimum atomic E-state index is -0.488. The van der Waals surface area contributed by atoms with Crippen LogP contribution in [-0.2, 0) is 9.53 Å². The van der Waals surface area contributed by atoms with E-state index in [4.69, 9.17) is 15.2 Å². The summed E-state index contributed by atoms with van der Waals surface area (Å²) in [5.74, 6) is 6.46. The summed E-state index contributed by atoms with van der Waals surface area (Å²) < 4.78 is 10.6. The highest BCUT2D eigenvalue weighted by molar-refractivity contribution is 5.85. The fourth-order valence-electron chi connectivity index (χ4n) is 2.36. The van der Waals surface area contributed by atoms with Crippen LogP contribution in [0.15, 0.2) is 36.4 Å². The van der Waals surface area contributed by atoms with Crippen LogP contribution in [0, 0.1) is 11.8 Å². The van der Waals surface area contributed by atoms with E-state index in [1.54, 1.807) is 0 Å². The molecule has 25 heavy (non-hydrogen) atoms. The van der Waals surface area contributed by atoms with Gasteiger partial charge in [-0.05, 0) is 41.5 Å². The minimum Gasteiger partial charge on any atom is -0.494 e. The molecule has 4 nitrogen and oxygen atoms in total. The van der Waals surface area contributed by atoms with Gasteiger partial charge in [-0.15, -0.1) is 0 Å². The van der Waals surface area contributed by atoms with Gasteiger partial charge in [-0.2, -0.15) is 0 Å². The summed E-state index contributed by atoms with van der Waals surface area (Å²) in [7, 11) is 0. The highest BCUT2D eigenvalue weighted by Gasteiger charge is 2.01. The molecule has 2 rings (SSSR count). The Kier molecular flexibility index (Phi) is 7.31. The number of rotatable bonds is 7. The summed E-state index contributed by atoms with van der Waals surface area (Å²) in [4.78, 5) is 10.8. The van der Waals surface area contributed by atoms with Crippen LogP contribution in [-0.4, -0.2) is 25.2 Å². The number of fused-ring (bicyclic) bond motifs is 1. The second-order valence-electron chi connectivity index (χ2n) is 5.96. The average Bonchev–Trinajstić information content (AvgIpc) is 2.61. The van der Waals surface area contributed by atoms with Gasteiger partial charge in [0.05, 0.1) is 6.61 Å². The zero-order valence-electron chi connectivity index (χ0n) is 14.9. The lowest BCUT2D eigenvalue weighted by Gasteiger charge is -2.07. The van der Waals surface area contributed by atoms with E-state index in [0.29, 0.717) is 0 Å². The van der Waals surface area contributed by atoms with Crippen molar-refractivity contribution >= 4 is 16.7 Å². The van der Waals surface area contributed by atoms with Gasteiger partial charge in [-0.1, -0.05) is 43.7 Å². The van der Waals surface area contributed by atoms with Crippen molar-refractivity contribution < 1.29 is 14.3 Å². The van der Waals surface area contributed by atoms with Gasteiger partial charge in [0.2, 0.25) is 0 Å². The Hall–Kier alpha value is -2.51. The van der Waals surface area contributed by atoms with Crippen molar-refractivity contribution in [2.24, 2.45) is 5.73 Å². The predicted molar refractivity (Wildman–Crippen MR) is 100 cm³/mol. The average molecular weight is 339 g/mol. The second-order valence-corrected chi connectivity index (χ2v) is 5.96. The molecule has 4 heteroatoms. The van der Waals surface area contributed by atoms with Crippen molar-refractivity contribution in [2.75, 3.05) is 13.2 Å². The molecular weight excluding hydrogens is 314 g/mol. The molecule has 0 saturated heterocycles. The number of benzene rings is 2. The van der Waals surface area contributed by atoms with Gasteiger partial charge in [0.1, 0.15) is 18.4 Å². The molecule has 0 aromatic heterocycles. The first-order valence-electron chi connectivity index (χ1n) is 8.65. The normalized spacial score (nSPS) is 11.5. The maximum Gasteiger partial charge on any atom is 0.302 e. The van der Waals surface area contributed by atoms with E-state index in [0.717, 1.165) is 35.1 Å². The van der Waals surface area contributed by atoms with Crippen LogP contribution >= 0.6 is 0 Å². The highest BCUT2D eigenvalue weighted by Crippen LogP contribution is 2.22. The van der Waals surface area contributed by atoms with Crippen molar-refractivity contribution in [3.05, 3.63) is 42.0 Å². The molecule has 0 radical (unpaired) electrons. The van der Waals surface area contributed by atoms with Gasteiger partial charge < -0.3 is 15.2 Å². The first kappa shape index (κ1) is 18.8. The van der Waals surface area contributed by atoms with E-state index in [1.165, 1.54) is 19.8 Å². The number of unbranched alkanes of at least 4 members (excludes halogenated alkanes) is 2. The van der Waals surface area contributed by atoms with Crippen LogP contribution < -0.4 is 10.5 Å². The standard InChI is InChI=1S/C21H25NO3/c1-3-4-5-12-24-21-11-9-18-13-17(6-8-19(18)14-21)7-10-20(22)15-25-16(2)23/h6,8-9,11,13-14,20H,3-5,12,15,22H2,1-2H3. The SMILES string of the molecule is CCCCCOc1ccc2cc(C#CC(N)COC(C)=O)ccc2c1. The first-order chi connectivity index (χ1) is 12.1. The van der Waals surface area contributed by atoms with Gasteiger partial charge in [0, 0.05) is 12.5 Å². The van der Waals surface area contributed by atoms with Gasteiger partial charge >= 0.3 is 5.97 Å². The van der Waals surface area contributed by atoms with Crippen molar-refractivity contribution in [2.45, 2.75) is 39.2 Å². The number of esters is 1. The molecule has 0 fully saturated rings. The second kappa shape index (κ2) is 9.71. The Balaban J connectivity index is 2.01. The molecular formula is C21H25NO3. The van der Waals surface area contributed by atoms with Crippen LogP contribution in [0.1, 0.15) is 38.7 Å². The van der Waals surface area contributed by atoms with Gasteiger partial charge in [-0.25, -0.2) is 0 Å². The summed E-state index contributed by atoms with van der Waals surface area (Å²) in [6, 6.07) is 11.6. The number of nitrogens with two attached hydrogens (primary N) is 1. The molecule has 2 aromatic carbocycles. The van der Waals surface area contributed by atoms with Crippen LogP contribution in [0.3, 0.4) is 0 Å². The third-order valence-electron chi connectivity index (χ3n) is 3.70. The molecule has 0 saturated carbocycles. The number of carbonyl (C=O) groups is 1. The Bertz CT molecular complexity index is 774. The molecule has 1 unspecified atom stereocenters. The highest BCUT2D eigenvalue weighted by atomic mass is 16.5. The summed E-state index contributed by atoms with van der Waals surface area (Å²) in [6.07, 6.45) is 3.46. The molecule has 2 aromatic rings. The van der Waals surface area contributed by atoms with E-state index in [-0.39, 0.29) is 12.6 Å². The zero-order valence-corrected chi connectivity index (χ0v) is 14.9. The minimum absolute atomic E-state index is 0.106. The Morgan fingerprint density at radius 1 is 1.16 bits per heavy atom. The quantitative estimate of drug-likeness (QED) is 0.475. The van der Waals surface area contributed by atoms with E-state index in [1.807, 2.05) is 36.4 Å². The third kappa shape index (κ3) is 6.48. The van der Waals surface area contributed by atoms with Crippen LogP contribution in [0.5, 0.6) is 5.75 Å². The smallest absolute Gasteiger partial charge is 0.302 e. The zero-order chi connectivity index (χ0) is 18.1. The number of hydrogen-bond donors (Lipinski definition) is 1. The maximum absolute atomic E-state index is 10.8. The summed E-state index contributed by atoms with van der Waals surface area (Å²) in [5, 5.41) is 2.21. The topological polar surface area (TPSA) is 61.6 Å². The van der Waals surface area contributed by atoms with Crippen molar-refractivity contribution in [1.29, 1.82) is 0 Å². The lowest BCUT2D eigenvalue weighted by molar-refractivity contribution is -0.141. The number of ether oxygens (including phenoxy) is 2. The van der Waals surface area contributed by atoms with Crippen molar-refractivity contribution in [3.8, 4) is 17.6 Å². The summed E-state index contributed by atoms with van der Waals surface area (Å²) in [5.41, 5.74) is 6.68. The summed E-state index contributed by atoms with van der Waals surface area (Å²) >= 11 is 0. The lowest BCUT2D eigenvalue weighted by atomic mass is 10.1. The monoisotopic (exact) mass is 339 g/mol. The van der Waals surface area contributed by atoms with Crippen molar-refractivity contribution in [1.82, 2.24) is 0 Å². The fourth-order valence-corrected chi connectivity index (χ4v) is 2.36. The van der Waals surface area contributed by atoms with Crippen LogP contribution in [0.2, 0.25) is 0 Å². The molecule has 0 amide bonds. The molecule has 0 heterocycles. The Labute approximate surface area is 149 Å². The third-order valence-corrected chi connectivity index (χ3v) is 3.70. The van der Waals surface area contributed by atoms with E-state index >= 15 is 0 Å². The van der Waals surface area contributed by atoms with E-state index in [9.17, 15) is 4.79 Å². The molecule has 132 valence electrons. The van der Waals surface area contributed by atoms with Gasteiger partial charge in [0.25, 0.3) is 0 Å². The first-order valence-corrected chi connectivity index (χ1v) is 8.65. The largest absolute Gasteiger partial charge is 0.494 e. The number of carbonyl (C=O) groups excluding carboxylic acids is 1. The molecule has 0 spiro atoms. The Morgan fingerprint density at radius 2 is 1.92 bits per heavy atom. The Morgan fingerprint density at radius 3 is 2.68 bits per heavy atom. The van der Waals surface area contributed by atoms with Gasteiger partial charge in [-0.3, -0.25) is 4.79 Å². The van der Waals surface area contributed by atoms with Crippen molar-refractivity contribution in [3.63, 3.8) is 0 Å². The van der Waals surface area contributed by atoms with Gasteiger partial charge in [0.15, 0.2) is 0 Å². The molecule has 0 aliphatic rings. The molecule has 1 atom stereocenters. The van der Waals surface area contributed by atoms with Crippen LogP contribution in [0.4, 0.5) is 0 Å². The van der Waals surface area contributed by atoms with E-state index in [2.05, 4.69) is 18.8 Å².